The zero-order chi connectivity index (χ0) is 19.9. The van der Waals surface area contributed by atoms with Gasteiger partial charge in [0, 0.05) is 24.7 Å². The van der Waals surface area contributed by atoms with Gasteiger partial charge in [-0.25, -0.2) is 8.42 Å². The van der Waals surface area contributed by atoms with Crippen molar-refractivity contribution in [3.8, 4) is 0 Å². The summed E-state index contributed by atoms with van der Waals surface area (Å²) in [5.74, 6) is 0.716. The highest BCUT2D eigenvalue weighted by atomic mass is 32.2. The Balaban J connectivity index is 1.63. The fourth-order valence-electron chi connectivity index (χ4n) is 4.20. The van der Waals surface area contributed by atoms with Crippen LogP contribution in [0.3, 0.4) is 0 Å². The van der Waals surface area contributed by atoms with Crippen molar-refractivity contribution in [3.05, 3.63) is 59.7 Å². The van der Waals surface area contributed by atoms with Gasteiger partial charge in [0.1, 0.15) is 0 Å². The summed E-state index contributed by atoms with van der Waals surface area (Å²) in [5, 5.41) is 0. The molecule has 148 valence electrons. The summed E-state index contributed by atoms with van der Waals surface area (Å²) in [6, 6.07) is 13.8. The smallest absolute Gasteiger partial charge is 0.264 e. The van der Waals surface area contributed by atoms with Crippen molar-refractivity contribution in [2.24, 2.45) is 5.92 Å². The van der Waals surface area contributed by atoms with Gasteiger partial charge in [0.25, 0.3) is 15.9 Å². The number of carbonyl (C=O) groups excluding carboxylic acids is 1. The molecule has 4 rings (SSSR count). The van der Waals surface area contributed by atoms with Crippen molar-refractivity contribution < 1.29 is 13.2 Å². The number of benzene rings is 2. The van der Waals surface area contributed by atoms with Gasteiger partial charge in [-0.15, -0.1) is 0 Å². The number of hydrogen-bond acceptors (Lipinski definition) is 3. The van der Waals surface area contributed by atoms with Gasteiger partial charge in [0.05, 0.1) is 10.6 Å². The highest BCUT2D eigenvalue weighted by molar-refractivity contribution is 7.92. The van der Waals surface area contributed by atoms with E-state index in [0.29, 0.717) is 23.6 Å². The Morgan fingerprint density at radius 3 is 2.36 bits per heavy atom. The number of likely N-dealkylation sites (tertiary alicyclic amines) is 1. The minimum atomic E-state index is -3.62. The molecular formula is C22H26N2O3S. The van der Waals surface area contributed by atoms with Gasteiger partial charge >= 0.3 is 0 Å². The highest BCUT2D eigenvalue weighted by Gasteiger charge is 2.36. The Hall–Kier alpha value is -2.34. The fraction of sp³-hybridized carbons (Fsp3) is 0.409. The van der Waals surface area contributed by atoms with E-state index in [1.807, 2.05) is 17.9 Å². The molecule has 1 atom stereocenters. The standard InChI is InChI=1S/C22H26N2O3S/c1-16-10-12-23(13-11-16)22(25)18-8-9-21-19(15-18)14-17(2)24(21)28(26,27)20-6-4-3-5-7-20/h3-9,15-17H,10-14H2,1-2H3/t17-/m1/s1. The topological polar surface area (TPSA) is 57.7 Å². The number of sulfonamides is 1. The monoisotopic (exact) mass is 398 g/mol. The summed E-state index contributed by atoms with van der Waals surface area (Å²) in [6.45, 7) is 5.72. The average Bonchev–Trinajstić information content (AvgIpc) is 3.04. The average molecular weight is 399 g/mol. The Labute approximate surface area is 167 Å². The Kier molecular flexibility index (Phi) is 4.91. The minimum absolute atomic E-state index is 0.0479. The van der Waals surface area contributed by atoms with Gasteiger partial charge in [0.2, 0.25) is 0 Å². The SMILES string of the molecule is CC1CCN(C(=O)c2ccc3c(c2)C[C@@H](C)N3S(=O)(=O)c2ccccc2)CC1. The first-order valence-corrected chi connectivity index (χ1v) is 11.3. The van der Waals surface area contributed by atoms with Crippen LogP contribution in [0.25, 0.3) is 0 Å². The molecular weight excluding hydrogens is 372 g/mol. The van der Waals surface area contributed by atoms with Gasteiger partial charge in [0.15, 0.2) is 0 Å². The summed E-state index contributed by atoms with van der Waals surface area (Å²) < 4.78 is 27.8. The lowest BCUT2D eigenvalue weighted by atomic mass is 9.98. The van der Waals surface area contributed by atoms with Crippen molar-refractivity contribution in [1.82, 2.24) is 4.90 Å². The maximum Gasteiger partial charge on any atom is 0.264 e. The van der Waals surface area contributed by atoms with Crippen LogP contribution < -0.4 is 4.31 Å². The first kappa shape index (κ1) is 19.0. The maximum atomic E-state index is 13.2. The zero-order valence-corrected chi connectivity index (χ0v) is 17.2. The number of nitrogens with zero attached hydrogens (tertiary/aromatic N) is 2. The normalized spacial score (nSPS) is 20.3. The van der Waals surface area contributed by atoms with Crippen LogP contribution in [0, 0.1) is 5.92 Å². The number of carbonyl (C=O) groups is 1. The summed E-state index contributed by atoms with van der Waals surface area (Å²) in [5.41, 5.74) is 2.25. The van der Waals surface area contributed by atoms with Crippen LogP contribution in [0.2, 0.25) is 0 Å². The van der Waals surface area contributed by atoms with E-state index in [-0.39, 0.29) is 16.8 Å². The maximum absolute atomic E-state index is 13.2. The van der Waals surface area contributed by atoms with Crippen LogP contribution in [0.1, 0.15) is 42.6 Å². The lowest BCUT2D eigenvalue weighted by molar-refractivity contribution is 0.0697. The Morgan fingerprint density at radius 1 is 1.00 bits per heavy atom. The summed E-state index contributed by atoms with van der Waals surface area (Å²) in [4.78, 5) is 15.1. The summed E-state index contributed by atoms with van der Waals surface area (Å²) in [6.07, 6.45) is 2.69. The highest BCUT2D eigenvalue weighted by Crippen LogP contribution is 2.37. The molecule has 0 bridgehead atoms. The molecule has 0 unspecified atom stereocenters. The largest absolute Gasteiger partial charge is 0.339 e. The van der Waals surface area contributed by atoms with E-state index in [1.165, 1.54) is 4.31 Å². The van der Waals surface area contributed by atoms with Crippen molar-refractivity contribution in [2.45, 2.75) is 44.0 Å². The lowest BCUT2D eigenvalue weighted by Crippen LogP contribution is -2.38. The number of anilines is 1. The molecule has 1 saturated heterocycles. The Bertz CT molecular complexity index is 980. The molecule has 2 aliphatic rings. The van der Waals surface area contributed by atoms with Crippen molar-refractivity contribution >= 4 is 21.6 Å². The van der Waals surface area contributed by atoms with Gasteiger partial charge in [-0.2, -0.15) is 0 Å². The molecule has 0 aromatic heterocycles. The Morgan fingerprint density at radius 2 is 1.68 bits per heavy atom. The second-order valence-corrected chi connectivity index (χ2v) is 9.80. The van der Waals surface area contributed by atoms with Crippen LogP contribution in [0.15, 0.2) is 53.4 Å². The molecule has 1 fully saturated rings. The van der Waals surface area contributed by atoms with E-state index in [1.54, 1.807) is 42.5 Å². The van der Waals surface area contributed by atoms with Gasteiger partial charge < -0.3 is 4.90 Å². The molecule has 0 N–H and O–H groups in total. The molecule has 2 aliphatic heterocycles. The van der Waals surface area contributed by atoms with Crippen molar-refractivity contribution in [2.75, 3.05) is 17.4 Å². The molecule has 1 amide bonds. The molecule has 28 heavy (non-hydrogen) atoms. The molecule has 2 heterocycles. The zero-order valence-electron chi connectivity index (χ0n) is 16.3. The van der Waals surface area contributed by atoms with E-state index in [0.717, 1.165) is 31.5 Å². The third-order valence-electron chi connectivity index (χ3n) is 5.85. The minimum Gasteiger partial charge on any atom is -0.339 e. The lowest BCUT2D eigenvalue weighted by Gasteiger charge is -2.30. The number of rotatable bonds is 3. The predicted octanol–water partition coefficient (Wildman–Crippen LogP) is 3.70. The molecule has 0 spiro atoms. The third-order valence-corrected chi connectivity index (χ3v) is 7.79. The molecule has 5 nitrogen and oxygen atoms in total. The van der Waals surface area contributed by atoms with Crippen LogP contribution in [0.5, 0.6) is 0 Å². The summed E-state index contributed by atoms with van der Waals surface area (Å²) >= 11 is 0. The number of amides is 1. The van der Waals surface area contributed by atoms with E-state index >= 15 is 0 Å². The van der Waals surface area contributed by atoms with Crippen LogP contribution in [0.4, 0.5) is 5.69 Å². The second-order valence-electron chi connectivity index (χ2n) is 7.99. The van der Waals surface area contributed by atoms with Crippen LogP contribution in [-0.4, -0.2) is 38.4 Å². The predicted molar refractivity (Wildman–Crippen MR) is 110 cm³/mol. The van der Waals surface area contributed by atoms with Gasteiger partial charge in [-0.1, -0.05) is 25.1 Å². The molecule has 0 aliphatic carbocycles. The van der Waals surface area contributed by atoms with Crippen LogP contribution in [-0.2, 0) is 16.4 Å². The second kappa shape index (κ2) is 7.24. The van der Waals surface area contributed by atoms with E-state index in [4.69, 9.17) is 0 Å². The quantitative estimate of drug-likeness (QED) is 0.792. The van der Waals surface area contributed by atoms with Gasteiger partial charge in [-0.3, -0.25) is 9.10 Å². The van der Waals surface area contributed by atoms with E-state index in [2.05, 4.69) is 6.92 Å². The molecule has 2 aromatic carbocycles. The summed E-state index contributed by atoms with van der Waals surface area (Å²) in [7, 11) is -3.62. The number of hydrogen-bond donors (Lipinski definition) is 0. The van der Waals surface area contributed by atoms with E-state index in [9.17, 15) is 13.2 Å². The fourth-order valence-corrected chi connectivity index (χ4v) is 5.92. The van der Waals surface area contributed by atoms with Gasteiger partial charge in [-0.05, 0) is 68.0 Å². The third kappa shape index (κ3) is 3.30. The van der Waals surface area contributed by atoms with E-state index < -0.39 is 10.0 Å². The molecule has 0 saturated carbocycles. The first-order valence-electron chi connectivity index (χ1n) is 9.89. The van der Waals surface area contributed by atoms with Crippen molar-refractivity contribution in [1.29, 1.82) is 0 Å². The van der Waals surface area contributed by atoms with Crippen LogP contribution >= 0.6 is 0 Å². The number of fused-ring (bicyclic) bond motifs is 1. The first-order chi connectivity index (χ1) is 13.4. The van der Waals surface area contributed by atoms with Crippen molar-refractivity contribution in [3.63, 3.8) is 0 Å². The molecule has 6 heteroatoms. The molecule has 2 aromatic rings. The number of piperidine rings is 1. The molecule has 0 radical (unpaired) electrons.